The van der Waals surface area contributed by atoms with Crippen molar-refractivity contribution in [1.82, 2.24) is 4.98 Å². The largest absolute Gasteiger partial charge is 0.369 e. The molecule has 0 saturated carbocycles. The zero-order valence-electron chi connectivity index (χ0n) is 14.2. The molecule has 0 bridgehead atoms. The van der Waals surface area contributed by atoms with Crippen LogP contribution in [0.4, 0.5) is 10.8 Å². The minimum Gasteiger partial charge on any atom is -0.369 e. The van der Waals surface area contributed by atoms with Crippen molar-refractivity contribution in [3.05, 3.63) is 65.5 Å². The Morgan fingerprint density at radius 1 is 0.962 bits per heavy atom. The number of anilines is 1. The van der Waals surface area contributed by atoms with Crippen LogP contribution in [0.3, 0.4) is 0 Å². The Bertz CT molecular complexity index is 826. The van der Waals surface area contributed by atoms with Crippen LogP contribution in [-0.4, -0.2) is 36.0 Å². The van der Waals surface area contributed by atoms with Crippen LogP contribution in [0.5, 0.6) is 0 Å². The Labute approximate surface area is 167 Å². The van der Waals surface area contributed by atoms with Gasteiger partial charge in [0.15, 0.2) is 0 Å². The van der Waals surface area contributed by atoms with Gasteiger partial charge in [0.1, 0.15) is 0 Å². The maximum Gasteiger partial charge on any atom is 0.209 e. The summed E-state index contributed by atoms with van der Waals surface area (Å²) in [6.45, 7) is 1.56. The molecule has 0 aliphatic rings. The maximum atomic E-state index is 5.87. The zero-order chi connectivity index (χ0) is 18.2. The monoisotopic (exact) mass is 403 g/mol. The van der Waals surface area contributed by atoms with Crippen molar-refractivity contribution < 1.29 is 0 Å². The van der Waals surface area contributed by atoms with E-state index in [0.717, 1.165) is 40.7 Å². The third-order valence-corrected chi connectivity index (χ3v) is 4.94. The van der Waals surface area contributed by atoms with Crippen LogP contribution >= 0.6 is 34.5 Å². The maximum absolute atomic E-state index is 5.87. The second-order valence-corrected chi connectivity index (χ2v) is 7.19. The van der Waals surface area contributed by atoms with Crippen LogP contribution in [-0.2, 0) is 0 Å². The molecule has 0 fully saturated rings. The molecule has 0 N–H and O–H groups in total. The molecule has 3 rings (SSSR count). The van der Waals surface area contributed by atoms with E-state index in [0.29, 0.717) is 11.8 Å². The fourth-order valence-electron chi connectivity index (χ4n) is 2.54. The highest BCUT2D eigenvalue weighted by Crippen LogP contribution is 2.26. The van der Waals surface area contributed by atoms with Gasteiger partial charge in [0, 0.05) is 47.7 Å². The van der Waals surface area contributed by atoms with Crippen LogP contribution < -0.4 is 4.90 Å². The summed E-state index contributed by atoms with van der Waals surface area (Å²) in [4.78, 5) is 11.2. The number of nitrogens with zero attached hydrogens (tertiary/aromatic N) is 3. The van der Waals surface area contributed by atoms with Crippen LogP contribution in [0, 0.1) is 0 Å². The third-order valence-electron chi connectivity index (χ3n) is 3.85. The van der Waals surface area contributed by atoms with E-state index < -0.39 is 0 Å². The minimum atomic E-state index is 0.577. The van der Waals surface area contributed by atoms with Gasteiger partial charge in [-0.05, 0) is 17.7 Å². The molecule has 1 heterocycles. The highest BCUT2D eigenvalue weighted by atomic mass is 35.5. The molecule has 1 aromatic heterocycles. The summed E-state index contributed by atoms with van der Waals surface area (Å²) in [6, 6.07) is 18.3. The zero-order valence-corrected chi connectivity index (χ0v) is 16.5. The quantitative estimate of drug-likeness (QED) is 0.348. The van der Waals surface area contributed by atoms with Gasteiger partial charge < -0.3 is 4.90 Å². The Balaban J connectivity index is 1.68. The Morgan fingerprint density at radius 3 is 2.31 bits per heavy atom. The number of benzene rings is 2. The van der Waals surface area contributed by atoms with Gasteiger partial charge in [-0.3, -0.25) is 0 Å². The molecule has 26 heavy (non-hydrogen) atoms. The van der Waals surface area contributed by atoms with E-state index in [4.69, 9.17) is 23.2 Å². The molecule has 3 nitrogen and oxygen atoms in total. The van der Waals surface area contributed by atoms with Crippen LogP contribution in [0.15, 0.2) is 65.0 Å². The third kappa shape index (κ3) is 5.07. The molecular weight excluding hydrogens is 385 g/mol. The van der Waals surface area contributed by atoms with Gasteiger partial charge in [0.2, 0.25) is 5.13 Å². The standard InChI is InChI=1S/C20H19Cl2N3S/c21-10-12-25(13-11-22)18-8-6-16(7-9-18)14-23-20-24-19(15-26-20)17-4-2-1-3-5-17/h1-9,14-15H,10-13H2/b23-14+. The van der Waals surface area contributed by atoms with Crippen LogP contribution in [0.25, 0.3) is 11.3 Å². The number of hydrogen-bond acceptors (Lipinski definition) is 4. The van der Waals surface area contributed by atoms with Crippen molar-refractivity contribution in [3.8, 4) is 11.3 Å². The first kappa shape index (κ1) is 18.9. The molecule has 0 aliphatic heterocycles. The molecule has 2 aromatic carbocycles. The Hall–Kier alpha value is -1.88. The second-order valence-electron chi connectivity index (χ2n) is 5.60. The van der Waals surface area contributed by atoms with Crippen LogP contribution in [0.2, 0.25) is 0 Å². The SMILES string of the molecule is ClCCN(CCCl)c1ccc(/C=N/c2nc(-c3ccccc3)cs2)cc1. The van der Waals surface area contributed by atoms with E-state index in [9.17, 15) is 0 Å². The molecule has 134 valence electrons. The first-order valence-corrected chi connectivity index (χ1v) is 10.3. The number of aliphatic imine (C=N–C) groups is 1. The number of halogens is 2. The van der Waals surface area contributed by atoms with Gasteiger partial charge in [0.05, 0.1) is 5.69 Å². The van der Waals surface area contributed by atoms with E-state index in [1.54, 1.807) is 0 Å². The van der Waals surface area contributed by atoms with Crippen LogP contribution in [0.1, 0.15) is 5.56 Å². The van der Waals surface area contributed by atoms with Crippen molar-refractivity contribution in [3.63, 3.8) is 0 Å². The number of thiazole rings is 1. The van der Waals surface area contributed by atoms with Gasteiger partial charge in [0.25, 0.3) is 0 Å². The normalized spacial score (nSPS) is 11.2. The lowest BCUT2D eigenvalue weighted by Crippen LogP contribution is -2.27. The number of aromatic nitrogens is 1. The molecule has 6 heteroatoms. The molecule has 0 radical (unpaired) electrons. The van der Waals surface area contributed by atoms with Gasteiger partial charge in [-0.2, -0.15) is 0 Å². The fraction of sp³-hybridized carbons (Fsp3) is 0.200. The summed E-state index contributed by atoms with van der Waals surface area (Å²) in [5.74, 6) is 1.15. The van der Waals surface area contributed by atoms with E-state index in [2.05, 4.69) is 39.1 Å². The average Bonchev–Trinajstić information content (AvgIpc) is 3.16. The molecule has 0 unspecified atom stereocenters. The van der Waals surface area contributed by atoms with Gasteiger partial charge in [-0.15, -0.1) is 34.5 Å². The Kier molecular flexibility index (Phi) is 7.06. The summed E-state index contributed by atoms with van der Waals surface area (Å²) in [5.41, 5.74) is 4.20. The first-order chi connectivity index (χ1) is 12.8. The molecule has 0 amide bonds. The topological polar surface area (TPSA) is 28.5 Å². The average molecular weight is 404 g/mol. The van der Waals surface area contributed by atoms with Crippen molar-refractivity contribution in [2.24, 2.45) is 4.99 Å². The summed E-state index contributed by atoms with van der Waals surface area (Å²) in [5, 5.41) is 2.78. The number of rotatable bonds is 8. The predicted octanol–water partition coefficient (Wildman–Crippen LogP) is 5.84. The lowest BCUT2D eigenvalue weighted by atomic mass is 10.2. The molecule has 0 atom stereocenters. The fourth-order valence-corrected chi connectivity index (χ4v) is 3.62. The highest BCUT2D eigenvalue weighted by Gasteiger charge is 2.05. The van der Waals surface area contributed by atoms with Gasteiger partial charge in [-0.1, -0.05) is 42.5 Å². The van der Waals surface area contributed by atoms with E-state index in [-0.39, 0.29) is 0 Å². The first-order valence-electron chi connectivity index (χ1n) is 8.32. The van der Waals surface area contributed by atoms with Crippen molar-refractivity contribution in [1.29, 1.82) is 0 Å². The summed E-state index contributed by atoms with van der Waals surface area (Å²) in [7, 11) is 0. The van der Waals surface area contributed by atoms with Gasteiger partial charge >= 0.3 is 0 Å². The van der Waals surface area contributed by atoms with Crippen molar-refractivity contribution >= 4 is 51.6 Å². The van der Waals surface area contributed by atoms with E-state index in [1.807, 2.05) is 41.9 Å². The smallest absolute Gasteiger partial charge is 0.209 e. The molecular formula is C20H19Cl2N3S. The second kappa shape index (κ2) is 9.72. The molecule has 0 saturated heterocycles. The molecule has 0 aliphatic carbocycles. The lowest BCUT2D eigenvalue weighted by molar-refractivity contribution is 0.874. The lowest BCUT2D eigenvalue weighted by Gasteiger charge is -2.22. The number of alkyl halides is 2. The Morgan fingerprint density at radius 2 is 1.65 bits per heavy atom. The summed E-state index contributed by atoms with van der Waals surface area (Å²) in [6.07, 6.45) is 1.84. The van der Waals surface area contributed by atoms with E-state index >= 15 is 0 Å². The predicted molar refractivity (Wildman–Crippen MR) is 115 cm³/mol. The molecule has 3 aromatic rings. The van der Waals surface area contributed by atoms with E-state index in [1.165, 1.54) is 11.3 Å². The summed E-state index contributed by atoms with van der Waals surface area (Å²) >= 11 is 13.3. The molecule has 0 spiro atoms. The van der Waals surface area contributed by atoms with Crippen molar-refractivity contribution in [2.75, 3.05) is 29.7 Å². The minimum absolute atomic E-state index is 0.577. The number of hydrogen-bond donors (Lipinski definition) is 0. The van der Waals surface area contributed by atoms with Gasteiger partial charge in [-0.25, -0.2) is 9.98 Å². The highest BCUT2D eigenvalue weighted by molar-refractivity contribution is 7.13. The summed E-state index contributed by atoms with van der Waals surface area (Å²) < 4.78 is 0. The van der Waals surface area contributed by atoms with Crippen molar-refractivity contribution in [2.45, 2.75) is 0 Å².